The van der Waals surface area contributed by atoms with Crippen LogP contribution in [-0.4, -0.2) is 11.9 Å². The van der Waals surface area contributed by atoms with E-state index in [2.05, 4.69) is 5.32 Å². The molecular weight excluding hydrogens is 217 g/mol. The zero-order valence-corrected chi connectivity index (χ0v) is 9.44. The molecule has 1 amide bonds. The van der Waals surface area contributed by atoms with Crippen molar-refractivity contribution in [2.75, 3.05) is 0 Å². The van der Waals surface area contributed by atoms with Crippen molar-refractivity contribution < 1.29 is 9.18 Å². The lowest BCUT2D eigenvalue weighted by Crippen LogP contribution is -2.32. The minimum absolute atomic E-state index is 0.0821. The van der Waals surface area contributed by atoms with E-state index in [9.17, 15) is 9.18 Å². The monoisotopic (exact) mass is 229 g/mol. The average molecular weight is 230 g/mol. The van der Waals surface area contributed by atoms with Crippen molar-refractivity contribution >= 4 is 17.5 Å². The Balaban J connectivity index is 2.82. The molecule has 0 spiro atoms. The standard InChI is InChI=1S/C11H13ClFNO/c1-3-7(2)14-11(15)9-5-4-8(13)6-10(9)12/h4-7H,3H2,1-2H3,(H,14,15)/t7-/m1/s1. The van der Waals surface area contributed by atoms with Crippen LogP contribution in [0.3, 0.4) is 0 Å². The molecule has 0 aliphatic heterocycles. The average Bonchev–Trinajstić information content (AvgIpc) is 2.17. The number of hydrogen-bond donors (Lipinski definition) is 1. The molecule has 0 aliphatic carbocycles. The van der Waals surface area contributed by atoms with Crippen molar-refractivity contribution in [3.8, 4) is 0 Å². The van der Waals surface area contributed by atoms with Crippen LogP contribution in [0.1, 0.15) is 30.6 Å². The summed E-state index contributed by atoms with van der Waals surface area (Å²) in [6.45, 7) is 3.87. The summed E-state index contributed by atoms with van der Waals surface area (Å²) in [6, 6.07) is 3.82. The zero-order chi connectivity index (χ0) is 11.4. The molecule has 0 bridgehead atoms. The molecule has 1 aromatic rings. The topological polar surface area (TPSA) is 29.1 Å². The lowest BCUT2D eigenvalue weighted by molar-refractivity contribution is 0.0939. The van der Waals surface area contributed by atoms with Gasteiger partial charge in [-0.25, -0.2) is 4.39 Å². The number of hydrogen-bond acceptors (Lipinski definition) is 1. The van der Waals surface area contributed by atoms with Gasteiger partial charge in [-0.15, -0.1) is 0 Å². The number of benzene rings is 1. The van der Waals surface area contributed by atoms with E-state index >= 15 is 0 Å². The van der Waals surface area contributed by atoms with Gasteiger partial charge in [0.15, 0.2) is 0 Å². The Morgan fingerprint density at radius 1 is 1.60 bits per heavy atom. The maximum Gasteiger partial charge on any atom is 0.253 e. The lowest BCUT2D eigenvalue weighted by atomic mass is 10.2. The highest BCUT2D eigenvalue weighted by atomic mass is 35.5. The molecule has 1 aromatic carbocycles. The van der Waals surface area contributed by atoms with E-state index in [0.717, 1.165) is 12.5 Å². The number of halogens is 2. The maximum atomic E-state index is 12.7. The van der Waals surface area contributed by atoms with Crippen LogP contribution in [0.2, 0.25) is 5.02 Å². The van der Waals surface area contributed by atoms with Gasteiger partial charge in [0, 0.05) is 6.04 Å². The van der Waals surface area contributed by atoms with Crippen molar-refractivity contribution in [2.45, 2.75) is 26.3 Å². The molecule has 0 unspecified atom stereocenters. The fourth-order valence-electron chi connectivity index (χ4n) is 1.08. The smallest absolute Gasteiger partial charge is 0.253 e. The predicted molar refractivity (Wildman–Crippen MR) is 58.6 cm³/mol. The van der Waals surface area contributed by atoms with Crippen LogP contribution in [-0.2, 0) is 0 Å². The second-order valence-electron chi connectivity index (χ2n) is 3.41. The Kier molecular flexibility index (Phi) is 4.09. The van der Waals surface area contributed by atoms with E-state index < -0.39 is 5.82 Å². The summed E-state index contributed by atoms with van der Waals surface area (Å²) in [5.74, 6) is -0.713. The summed E-state index contributed by atoms with van der Waals surface area (Å²) in [4.78, 5) is 11.6. The Labute approximate surface area is 93.4 Å². The van der Waals surface area contributed by atoms with E-state index in [1.807, 2.05) is 13.8 Å². The Bertz CT molecular complexity index is 368. The van der Waals surface area contributed by atoms with Crippen LogP contribution >= 0.6 is 11.6 Å². The SMILES string of the molecule is CC[C@@H](C)NC(=O)c1ccc(F)cc1Cl. The number of carbonyl (C=O) groups is 1. The molecule has 4 heteroatoms. The molecule has 0 aliphatic rings. The van der Waals surface area contributed by atoms with Gasteiger partial charge in [-0.2, -0.15) is 0 Å². The van der Waals surface area contributed by atoms with Gasteiger partial charge in [-0.1, -0.05) is 18.5 Å². The molecule has 0 radical (unpaired) electrons. The highest BCUT2D eigenvalue weighted by Crippen LogP contribution is 2.17. The fraction of sp³-hybridized carbons (Fsp3) is 0.364. The normalized spacial score (nSPS) is 12.3. The second kappa shape index (κ2) is 5.12. The molecule has 0 heterocycles. The molecule has 1 atom stereocenters. The molecular formula is C11H13ClFNO. The largest absolute Gasteiger partial charge is 0.350 e. The molecule has 1 N–H and O–H groups in total. The van der Waals surface area contributed by atoms with Gasteiger partial charge in [-0.05, 0) is 31.5 Å². The molecule has 0 fully saturated rings. The van der Waals surface area contributed by atoms with E-state index in [-0.39, 0.29) is 17.0 Å². The van der Waals surface area contributed by atoms with Gasteiger partial charge in [0.2, 0.25) is 0 Å². The lowest BCUT2D eigenvalue weighted by Gasteiger charge is -2.11. The Hall–Kier alpha value is -1.09. The molecule has 1 rings (SSSR count). The van der Waals surface area contributed by atoms with Crippen molar-refractivity contribution in [1.29, 1.82) is 0 Å². The predicted octanol–water partition coefficient (Wildman–Crippen LogP) is 3.01. The third-order valence-electron chi connectivity index (χ3n) is 2.17. The van der Waals surface area contributed by atoms with Crippen LogP contribution in [0.25, 0.3) is 0 Å². The quantitative estimate of drug-likeness (QED) is 0.848. The van der Waals surface area contributed by atoms with Gasteiger partial charge < -0.3 is 5.32 Å². The molecule has 0 saturated carbocycles. The molecule has 0 saturated heterocycles. The summed E-state index contributed by atoms with van der Waals surface area (Å²) in [5, 5.41) is 2.90. The minimum atomic E-state index is -0.444. The van der Waals surface area contributed by atoms with Gasteiger partial charge in [0.05, 0.1) is 10.6 Å². The highest BCUT2D eigenvalue weighted by molar-refractivity contribution is 6.33. The van der Waals surface area contributed by atoms with Crippen molar-refractivity contribution in [3.05, 3.63) is 34.6 Å². The summed E-state index contributed by atoms with van der Waals surface area (Å²) in [7, 11) is 0. The van der Waals surface area contributed by atoms with E-state index in [0.29, 0.717) is 5.56 Å². The third-order valence-corrected chi connectivity index (χ3v) is 2.48. The summed E-state index contributed by atoms with van der Waals surface area (Å²) >= 11 is 5.75. The maximum absolute atomic E-state index is 12.7. The number of carbonyl (C=O) groups excluding carboxylic acids is 1. The molecule has 2 nitrogen and oxygen atoms in total. The van der Waals surface area contributed by atoms with Gasteiger partial charge in [-0.3, -0.25) is 4.79 Å². The molecule has 15 heavy (non-hydrogen) atoms. The van der Waals surface area contributed by atoms with E-state index in [1.165, 1.54) is 12.1 Å². The van der Waals surface area contributed by atoms with Crippen molar-refractivity contribution in [3.63, 3.8) is 0 Å². The van der Waals surface area contributed by atoms with Gasteiger partial charge in [0.1, 0.15) is 5.82 Å². The Morgan fingerprint density at radius 2 is 2.27 bits per heavy atom. The summed E-state index contributed by atoms with van der Waals surface area (Å²) in [5.41, 5.74) is 0.304. The van der Waals surface area contributed by atoms with Gasteiger partial charge in [0.25, 0.3) is 5.91 Å². The Morgan fingerprint density at radius 3 is 2.80 bits per heavy atom. The first-order valence-electron chi connectivity index (χ1n) is 4.80. The van der Waals surface area contributed by atoms with Crippen molar-refractivity contribution in [1.82, 2.24) is 5.32 Å². The first-order valence-corrected chi connectivity index (χ1v) is 5.18. The summed E-state index contributed by atoms with van der Waals surface area (Å²) in [6.07, 6.45) is 0.838. The number of nitrogens with one attached hydrogen (secondary N) is 1. The highest BCUT2D eigenvalue weighted by Gasteiger charge is 2.12. The molecule has 0 aromatic heterocycles. The molecule has 82 valence electrons. The van der Waals surface area contributed by atoms with E-state index in [4.69, 9.17) is 11.6 Å². The fourth-order valence-corrected chi connectivity index (χ4v) is 1.33. The van der Waals surface area contributed by atoms with Gasteiger partial charge >= 0.3 is 0 Å². The van der Waals surface area contributed by atoms with Crippen LogP contribution < -0.4 is 5.32 Å². The first-order chi connectivity index (χ1) is 7.04. The van der Waals surface area contributed by atoms with Crippen LogP contribution in [0.5, 0.6) is 0 Å². The second-order valence-corrected chi connectivity index (χ2v) is 3.81. The minimum Gasteiger partial charge on any atom is -0.350 e. The van der Waals surface area contributed by atoms with E-state index in [1.54, 1.807) is 0 Å². The summed E-state index contributed by atoms with van der Waals surface area (Å²) < 4.78 is 12.7. The third kappa shape index (κ3) is 3.20. The van der Waals surface area contributed by atoms with Crippen LogP contribution in [0.15, 0.2) is 18.2 Å². The number of amides is 1. The van der Waals surface area contributed by atoms with Crippen LogP contribution in [0.4, 0.5) is 4.39 Å². The number of rotatable bonds is 3. The van der Waals surface area contributed by atoms with Crippen LogP contribution in [0, 0.1) is 5.82 Å². The van der Waals surface area contributed by atoms with Crippen molar-refractivity contribution in [2.24, 2.45) is 0 Å². The zero-order valence-electron chi connectivity index (χ0n) is 8.68. The first kappa shape index (κ1) is 12.0.